The molecule has 0 radical (unpaired) electrons. The van der Waals surface area contributed by atoms with E-state index < -0.39 is 0 Å². The molecule has 0 spiro atoms. The summed E-state index contributed by atoms with van der Waals surface area (Å²) < 4.78 is 0. The molecular weight excluding hydrogens is 352 g/mol. The topological polar surface area (TPSA) is 31.7 Å². The van der Waals surface area contributed by atoms with Gasteiger partial charge >= 0.3 is 0 Å². The highest BCUT2D eigenvalue weighted by molar-refractivity contribution is 7.80. The van der Waals surface area contributed by atoms with Crippen LogP contribution in [0.15, 0.2) is 18.2 Å². The van der Waals surface area contributed by atoms with Crippen LogP contribution in [0.2, 0.25) is 5.02 Å². The minimum absolute atomic E-state index is 0.507. The molecule has 2 fully saturated rings. The van der Waals surface area contributed by atoms with Crippen molar-refractivity contribution >= 4 is 40.3 Å². The number of hydrogen-bond donors (Lipinski definition) is 3. The summed E-state index contributed by atoms with van der Waals surface area (Å²) in [6, 6.07) is 6.59. The van der Waals surface area contributed by atoms with Crippen LogP contribution in [-0.4, -0.2) is 43.9 Å². The Balaban J connectivity index is 1.65. The molecule has 0 bridgehead atoms. The van der Waals surface area contributed by atoms with Crippen molar-refractivity contribution in [3.05, 3.63) is 23.2 Å². The first-order chi connectivity index (χ1) is 12.2. The lowest BCUT2D eigenvalue weighted by molar-refractivity contribution is -0.898. The molecule has 0 atom stereocenters. The summed E-state index contributed by atoms with van der Waals surface area (Å²) in [5, 5.41) is 8.35. The molecule has 138 valence electrons. The molecule has 0 amide bonds. The Labute approximate surface area is 161 Å². The lowest BCUT2D eigenvalue weighted by Gasteiger charge is -2.34. The van der Waals surface area contributed by atoms with E-state index in [1.165, 1.54) is 57.4 Å². The quantitative estimate of drug-likeness (QED) is 0.700. The van der Waals surface area contributed by atoms with Crippen LogP contribution in [-0.2, 0) is 0 Å². The molecular formula is C19H30ClN4S+. The van der Waals surface area contributed by atoms with E-state index in [4.69, 9.17) is 23.8 Å². The Kier molecular flexibility index (Phi) is 6.79. The number of halogens is 1. The molecule has 1 heterocycles. The Morgan fingerprint density at radius 3 is 2.64 bits per heavy atom. The van der Waals surface area contributed by atoms with Crippen LogP contribution >= 0.6 is 23.8 Å². The van der Waals surface area contributed by atoms with Gasteiger partial charge < -0.3 is 20.4 Å². The van der Waals surface area contributed by atoms with Gasteiger partial charge in [-0.2, -0.15) is 0 Å². The summed E-state index contributed by atoms with van der Waals surface area (Å²) in [6.07, 6.45) is 6.37. The molecule has 3 N–H and O–H groups in total. The van der Waals surface area contributed by atoms with Gasteiger partial charge in [0.05, 0.1) is 44.1 Å². The number of quaternary nitrogens is 1. The number of thiocarbonyl (C=S) groups is 1. The van der Waals surface area contributed by atoms with Crippen molar-refractivity contribution in [2.24, 2.45) is 0 Å². The molecule has 0 unspecified atom stereocenters. The lowest BCUT2D eigenvalue weighted by atomic mass is 9.96. The maximum Gasteiger partial charge on any atom is 0.171 e. The Morgan fingerprint density at radius 1 is 1.24 bits per heavy atom. The van der Waals surface area contributed by atoms with Gasteiger partial charge in [0.25, 0.3) is 0 Å². The fourth-order valence-electron chi connectivity index (χ4n) is 3.89. The first-order valence-electron chi connectivity index (χ1n) is 9.61. The van der Waals surface area contributed by atoms with Crippen LogP contribution in [0, 0.1) is 0 Å². The second-order valence-electron chi connectivity index (χ2n) is 7.19. The first-order valence-corrected chi connectivity index (χ1v) is 10.4. The fourth-order valence-corrected chi connectivity index (χ4v) is 4.34. The van der Waals surface area contributed by atoms with E-state index in [2.05, 4.69) is 28.5 Å². The van der Waals surface area contributed by atoms with Gasteiger partial charge in [0, 0.05) is 11.1 Å². The summed E-state index contributed by atoms with van der Waals surface area (Å²) >= 11 is 11.8. The Morgan fingerprint density at radius 2 is 1.96 bits per heavy atom. The molecule has 1 saturated carbocycles. The normalized spacial score (nSPS) is 19.7. The van der Waals surface area contributed by atoms with Crippen LogP contribution in [0.4, 0.5) is 11.4 Å². The van der Waals surface area contributed by atoms with Gasteiger partial charge in [-0.15, -0.1) is 0 Å². The van der Waals surface area contributed by atoms with Crippen molar-refractivity contribution in [2.75, 3.05) is 42.9 Å². The molecule has 1 aromatic carbocycles. The van der Waals surface area contributed by atoms with Crippen LogP contribution in [0.5, 0.6) is 0 Å². The lowest BCUT2D eigenvalue weighted by Crippen LogP contribution is -3.14. The van der Waals surface area contributed by atoms with Crippen molar-refractivity contribution in [3.63, 3.8) is 0 Å². The second-order valence-corrected chi connectivity index (χ2v) is 8.03. The maximum absolute atomic E-state index is 6.25. The van der Waals surface area contributed by atoms with Crippen LogP contribution in [0.3, 0.4) is 0 Å². The number of hydrogen-bond acceptors (Lipinski definition) is 2. The summed E-state index contributed by atoms with van der Waals surface area (Å²) in [6.45, 7) is 7.97. The van der Waals surface area contributed by atoms with Gasteiger partial charge in [0.2, 0.25) is 0 Å². The third kappa shape index (κ3) is 5.22. The molecule has 1 aliphatic carbocycles. The average Bonchev–Trinajstić information content (AvgIpc) is 2.63. The van der Waals surface area contributed by atoms with E-state index in [9.17, 15) is 0 Å². The van der Waals surface area contributed by atoms with E-state index in [0.717, 1.165) is 23.8 Å². The summed E-state index contributed by atoms with van der Waals surface area (Å²) in [5.41, 5.74) is 2.22. The van der Waals surface area contributed by atoms with Crippen LogP contribution < -0.4 is 20.4 Å². The SMILES string of the molecule is CC[NH+]1CCN(c2ccc(Cl)cc2NC(=S)NC2CCCCC2)CC1. The highest BCUT2D eigenvalue weighted by Gasteiger charge is 2.21. The molecule has 1 saturated heterocycles. The Bertz CT molecular complexity index is 581. The number of benzene rings is 1. The summed E-state index contributed by atoms with van der Waals surface area (Å²) in [4.78, 5) is 4.12. The average molecular weight is 382 g/mol. The first kappa shape index (κ1) is 18.7. The zero-order valence-corrected chi connectivity index (χ0v) is 16.7. The minimum atomic E-state index is 0.507. The van der Waals surface area contributed by atoms with Gasteiger partial charge in [0.1, 0.15) is 0 Å². The van der Waals surface area contributed by atoms with Crippen molar-refractivity contribution in [1.82, 2.24) is 5.32 Å². The predicted molar refractivity (Wildman–Crippen MR) is 111 cm³/mol. The van der Waals surface area contributed by atoms with Gasteiger partial charge in [-0.3, -0.25) is 0 Å². The summed E-state index contributed by atoms with van der Waals surface area (Å²) in [7, 11) is 0. The van der Waals surface area contributed by atoms with Crippen molar-refractivity contribution in [3.8, 4) is 0 Å². The number of nitrogens with one attached hydrogen (secondary N) is 3. The highest BCUT2D eigenvalue weighted by Crippen LogP contribution is 2.29. The van der Waals surface area contributed by atoms with Crippen LogP contribution in [0.25, 0.3) is 0 Å². The summed E-state index contributed by atoms with van der Waals surface area (Å²) in [5.74, 6) is 0. The smallest absolute Gasteiger partial charge is 0.171 e. The van der Waals surface area contributed by atoms with E-state index in [1.807, 2.05) is 12.1 Å². The van der Waals surface area contributed by atoms with Crippen molar-refractivity contribution in [2.45, 2.75) is 45.1 Å². The molecule has 3 rings (SSSR count). The third-order valence-electron chi connectivity index (χ3n) is 5.46. The number of nitrogens with zero attached hydrogens (tertiary/aromatic N) is 1. The zero-order valence-electron chi connectivity index (χ0n) is 15.1. The zero-order chi connectivity index (χ0) is 17.6. The predicted octanol–water partition coefficient (Wildman–Crippen LogP) is 2.68. The third-order valence-corrected chi connectivity index (χ3v) is 5.91. The van der Waals surface area contributed by atoms with E-state index in [0.29, 0.717) is 11.2 Å². The minimum Gasteiger partial charge on any atom is -0.360 e. The van der Waals surface area contributed by atoms with Gasteiger partial charge in [-0.25, -0.2) is 0 Å². The fraction of sp³-hybridized carbons (Fsp3) is 0.632. The molecule has 25 heavy (non-hydrogen) atoms. The van der Waals surface area contributed by atoms with Crippen LogP contribution in [0.1, 0.15) is 39.0 Å². The molecule has 2 aliphatic rings. The molecule has 4 nitrogen and oxygen atoms in total. The van der Waals surface area contributed by atoms with E-state index in [-0.39, 0.29) is 0 Å². The largest absolute Gasteiger partial charge is 0.360 e. The van der Waals surface area contributed by atoms with Crippen molar-refractivity contribution in [1.29, 1.82) is 0 Å². The number of rotatable bonds is 4. The molecule has 0 aromatic heterocycles. The number of piperazine rings is 1. The standard InChI is InChI=1S/C19H29ClN4S/c1-2-23-10-12-24(13-11-23)18-9-8-15(20)14-17(18)22-19(25)21-16-6-4-3-5-7-16/h8-9,14,16H,2-7,10-13H2,1H3,(H2,21,22,25)/p+1. The van der Waals surface area contributed by atoms with E-state index >= 15 is 0 Å². The number of anilines is 2. The van der Waals surface area contributed by atoms with Crippen molar-refractivity contribution < 1.29 is 4.90 Å². The Hall–Kier alpha value is -1.04. The van der Waals surface area contributed by atoms with Gasteiger partial charge in [-0.1, -0.05) is 30.9 Å². The highest BCUT2D eigenvalue weighted by atomic mass is 35.5. The maximum atomic E-state index is 6.25. The molecule has 6 heteroatoms. The molecule has 1 aromatic rings. The monoisotopic (exact) mass is 381 g/mol. The molecule has 1 aliphatic heterocycles. The van der Waals surface area contributed by atoms with E-state index in [1.54, 1.807) is 4.90 Å². The van der Waals surface area contributed by atoms with Gasteiger partial charge in [0.15, 0.2) is 5.11 Å². The number of likely N-dealkylation sites (N-methyl/N-ethyl adjacent to an activating group) is 1. The second kappa shape index (κ2) is 9.06. The van der Waals surface area contributed by atoms with Gasteiger partial charge in [-0.05, 0) is 50.2 Å².